The molecule has 0 saturated heterocycles. The van der Waals surface area contributed by atoms with Crippen LogP contribution in [0.5, 0.6) is 0 Å². The van der Waals surface area contributed by atoms with E-state index in [1.165, 1.54) is 24.4 Å². The van der Waals surface area contributed by atoms with Gasteiger partial charge >= 0.3 is 12.4 Å². The number of nitrogens with zero attached hydrogens (tertiary/aromatic N) is 4. The Morgan fingerprint density at radius 1 is 0.812 bits per heavy atom. The van der Waals surface area contributed by atoms with Crippen molar-refractivity contribution in [1.29, 1.82) is 0 Å². The number of rotatable bonds is 3. The normalized spacial score (nSPS) is 12.2. The van der Waals surface area contributed by atoms with Crippen LogP contribution in [0.1, 0.15) is 16.8 Å². The third-order valence-electron chi connectivity index (χ3n) is 4.58. The Kier molecular flexibility index (Phi) is 5.19. The molecule has 0 atom stereocenters. The fraction of sp³-hybridized carbons (Fsp3) is 0.143. The molecule has 3 aromatic heterocycles. The summed E-state index contributed by atoms with van der Waals surface area (Å²) < 4.78 is 78.3. The molecule has 1 N–H and O–H groups in total. The summed E-state index contributed by atoms with van der Waals surface area (Å²) in [4.78, 5) is 15.6. The Morgan fingerprint density at radius 2 is 1.53 bits per heavy atom. The maximum absolute atomic E-state index is 13.4. The number of aromatic nitrogens is 4. The largest absolute Gasteiger partial charge is 0.419 e. The van der Waals surface area contributed by atoms with Gasteiger partial charge in [-0.3, -0.25) is 9.97 Å². The van der Waals surface area contributed by atoms with Crippen molar-refractivity contribution in [3.8, 4) is 11.3 Å². The topological polar surface area (TPSA) is 63.6 Å². The quantitative estimate of drug-likeness (QED) is 0.379. The summed E-state index contributed by atoms with van der Waals surface area (Å²) in [5, 5.41) is 3.32. The van der Waals surface area contributed by atoms with Gasteiger partial charge in [0, 0.05) is 35.2 Å². The minimum atomic E-state index is -4.58. The Bertz CT molecular complexity index is 1280. The number of aryl methyl sites for hydroxylation is 1. The average Bonchev–Trinajstić information content (AvgIpc) is 2.72. The molecule has 164 valence electrons. The lowest BCUT2D eigenvalue weighted by atomic mass is 10.0. The van der Waals surface area contributed by atoms with E-state index >= 15 is 0 Å². The van der Waals surface area contributed by atoms with Gasteiger partial charge in [0.15, 0.2) is 0 Å². The number of hydrogen-bond acceptors (Lipinski definition) is 5. The van der Waals surface area contributed by atoms with Gasteiger partial charge in [-0.15, -0.1) is 0 Å². The number of benzene rings is 1. The van der Waals surface area contributed by atoms with E-state index in [0.29, 0.717) is 34.7 Å². The van der Waals surface area contributed by atoms with E-state index in [2.05, 4.69) is 25.3 Å². The Morgan fingerprint density at radius 3 is 2.19 bits per heavy atom. The zero-order valence-electron chi connectivity index (χ0n) is 16.3. The second-order valence-corrected chi connectivity index (χ2v) is 6.86. The van der Waals surface area contributed by atoms with Crippen molar-refractivity contribution in [3.63, 3.8) is 0 Å². The molecule has 0 amide bonds. The summed E-state index contributed by atoms with van der Waals surface area (Å²) in [7, 11) is 0. The molecule has 11 heteroatoms. The van der Waals surface area contributed by atoms with E-state index in [1.807, 2.05) is 0 Å². The minimum Gasteiger partial charge on any atom is -0.323 e. The lowest BCUT2D eigenvalue weighted by Gasteiger charge is -2.14. The van der Waals surface area contributed by atoms with Gasteiger partial charge in [-0.2, -0.15) is 26.3 Å². The molecule has 0 unspecified atom stereocenters. The van der Waals surface area contributed by atoms with Gasteiger partial charge in [-0.25, -0.2) is 9.97 Å². The Balaban J connectivity index is 1.72. The SMILES string of the molecule is Cc1ccc(C(F)(F)F)c(-c2ccc3c(Nc4ncc(C(F)(F)F)cn4)ccnc3c2)n1. The highest BCUT2D eigenvalue weighted by molar-refractivity contribution is 5.94. The third-order valence-corrected chi connectivity index (χ3v) is 4.58. The fourth-order valence-electron chi connectivity index (χ4n) is 3.07. The van der Waals surface area contributed by atoms with E-state index in [0.717, 1.165) is 6.07 Å². The summed E-state index contributed by atoms with van der Waals surface area (Å²) in [5.41, 5.74) is -0.635. The van der Waals surface area contributed by atoms with E-state index in [1.54, 1.807) is 19.1 Å². The zero-order valence-corrected chi connectivity index (χ0v) is 16.3. The predicted molar refractivity (Wildman–Crippen MR) is 105 cm³/mol. The van der Waals surface area contributed by atoms with Crippen molar-refractivity contribution in [2.75, 3.05) is 5.32 Å². The van der Waals surface area contributed by atoms with Gasteiger partial charge in [0.25, 0.3) is 0 Å². The van der Waals surface area contributed by atoms with Crippen molar-refractivity contribution < 1.29 is 26.3 Å². The molecule has 1 aromatic carbocycles. The first-order valence-corrected chi connectivity index (χ1v) is 9.12. The highest BCUT2D eigenvalue weighted by Gasteiger charge is 2.34. The number of hydrogen-bond donors (Lipinski definition) is 1. The molecule has 5 nitrogen and oxygen atoms in total. The van der Waals surface area contributed by atoms with Crippen LogP contribution in [0.25, 0.3) is 22.2 Å². The maximum Gasteiger partial charge on any atom is 0.419 e. The van der Waals surface area contributed by atoms with Crippen LogP contribution in [0.2, 0.25) is 0 Å². The zero-order chi connectivity index (χ0) is 23.1. The van der Waals surface area contributed by atoms with Crippen molar-refractivity contribution >= 4 is 22.5 Å². The summed E-state index contributed by atoms with van der Waals surface area (Å²) in [6.45, 7) is 1.59. The lowest BCUT2D eigenvalue weighted by Crippen LogP contribution is -2.09. The molecule has 0 aliphatic heterocycles. The van der Waals surface area contributed by atoms with Crippen molar-refractivity contribution in [3.05, 3.63) is 71.8 Å². The van der Waals surface area contributed by atoms with Crippen LogP contribution < -0.4 is 5.32 Å². The van der Waals surface area contributed by atoms with Crippen molar-refractivity contribution in [2.45, 2.75) is 19.3 Å². The van der Waals surface area contributed by atoms with Crippen molar-refractivity contribution in [1.82, 2.24) is 19.9 Å². The first-order valence-electron chi connectivity index (χ1n) is 9.12. The van der Waals surface area contributed by atoms with E-state index < -0.39 is 23.5 Å². The molecule has 4 aromatic rings. The van der Waals surface area contributed by atoms with Gasteiger partial charge < -0.3 is 5.32 Å². The van der Waals surface area contributed by atoms with E-state index in [4.69, 9.17) is 0 Å². The Labute approximate surface area is 177 Å². The first-order chi connectivity index (χ1) is 15.0. The Hall–Kier alpha value is -3.76. The van der Waals surface area contributed by atoms with Crippen LogP contribution in [0, 0.1) is 6.92 Å². The molecule has 32 heavy (non-hydrogen) atoms. The summed E-state index contributed by atoms with van der Waals surface area (Å²) in [6.07, 6.45) is -6.43. The summed E-state index contributed by atoms with van der Waals surface area (Å²) in [6, 6.07) is 8.31. The molecular weight excluding hydrogens is 436 g/mol. The smallest absolute Gasteiger partial charge is 0.323 e. The lowest BCUT2D eigenvalue weighted by molar-refractivity contribution is -0.138. The van der Waals surface area contributed by atoms with Gasteiger partial charge in [-0.05, 0) is 31.2 Å². The molecular formula is C21H13F6N5. The molecule has 4 rings (SSSR count). The van der Waals surface area contributed by atoms with Gasteiger partial charge in [0.05, 0.1) is 28.0 Å². The second-order valence-electron chi connectivity index (χ2n) is 6.86. The number of fused-ring (bicyclic) bond motifs is 1. The van der Waals surface area contributed by atoms with Crippen LogP contribution >= 0.6 is 0 Å². The number of pyridine rings is 2. The third kappa shape index (κ3) is 4.32. The maximum atomic E-state index is 13.4. The highest BCUT2D eigenvalue weighted by atomic mass is 19.4. The fourth-order valence-corrected chi connectivity index (χ4v) is 3.07. The average molecular weight is 449 g/mol. The van der Waals surface area contributed by atoms with Crippen LogP contribution in [0.3, 0.4) is 0 Å². The standard InChI is InChI=1S/C21H13F6N5/c1-11-2-5-15(21(25,26)27)18(31-11)12-3-4-14-16(6-7-28-17(14)8-12)32-19-29-9-13(10-30-19)20(22,23)24/h2-10H,1H3,(H,28,29,30,32). The van der Waals surface area contributed by atoms with Crippen LogP contribution in [0.15, 0.2) is 55.0 Å². The number of halogens is 6. The molecule has 0 aliphatic rings. The molecule has 0 fully saturated rings. The number of anilines is 2. The second kappa shape index (κ2) is 7.74. The molecule has 3 heterocycles. The first kappa shape index (κ1) is 21.5. The van der Waals surface area contributed by atoms with Gasteiger partial charge in [0.2, 0.25) is 5.95 Å². The van der Waals surface area contributed by atoms with E-state index in [9.17, 15) is 26.3 Å². The van der Waals surface area contributed by atoms with Crippen molar-refractivity contribution in [2.24, 2.45) is 0 Å². The molecule has 0 radical (unpaired) electrons. The summed E-state index contributed by atoms with van der Waals surface area (Å²) in [5.74, 6) is -0.0747. The predicted octanol–water partition coefficient (Wildman–Crippen LogP) is 6.18. The monoisotopic (exact) mass is 449 g/mol. The molecule has 0 bridgehead atoms. The molecule has 0 spiro atoms. The van der Waals surface area contributed by atoms with Crippen LogP contribution in [-0.4, -0.2) is 19.9 Å². The van der Waals surface area contributed by atoms with Gasteiger partial charge in [-0.1, -0.05) is 12.1 Å². The highest BCUT2D eigenvalue weighted by Crippen LogP contribution is 2.37. The van der Waals surface area contributed by atoms with Crippen LogP contribution in [-0.2, 0) is 12.4 Å². The molecule has 0 saturated carbocycles. The minimum absolute atomic E-state index is 0.0747. The van der Waals surface area contributed by atoms with E-state index in [-0.39, 0.29) is 17.2 Å². The summed E-state index contributed by atoms with van der Waals surface area (Å²) >= 11 is 0. The van der Waals surface area contributed by atoms with Crippen LogP contribution in [0.4, 0.5) is 38.0 Å². The van der Waals surface area contributed by atoms with Gasteiger partial charge in [0.1, 0.15) is 0 Å². The number of alkyl halides is 6. The molecule has 0 aliphatic carbocycles. The number of nitrogens with one attached hydrogen (secondary N) is 1.